The van der Waals surface area contributed by atoms with E-state index in [0.29, 0.717) is 68.8 Å². The van der Waals surface area contributed by atoms with Crippen LogP contribution in [0.25, 0.3) is 11.3 Å². The van der Waals surface area contributed by atoms with Crippen LogP contribution in [0.5, 0.6) is 0 Å². The van der Waals surface area contributed by atoms with E-state index in [9.17, 15) is 47.9 Å². The van der Waals surface area contributed by atoms with Gasteiger partial charge in [-0.2, -0.15) is 0 Å². The summed E-state index contributed by atoms with van der Waals surface area (Å²) >= 11 is 0. The molecule has 0 saturated carbocycles. The number of ether oxygens (including phenoxy) is 2. The Hall–Kier alpha value is -8.12. The monoisotopic (exact) mass is 1180 g/mol. The molecule has 1 unspecified atom stereocenters. The number of rotatable bonds is 29. The molecule has 4 heterocycles. The number of likely N-dealkylation sites (tertiary alicyclic amines) is 1. The Kier molecular flexibility index (Phi) is 23.6. The van der Waals surface area contributed by atoms with Crippen LogP contribution in [0, 0.1) is 35.3 Å². The van der Waals surface area contributed by atoms with Gasteiger partial charge in [-0.25, -0.2) is 32.5 Å². The summed E-state index contributed by atoms with van der Waals surface area (Å²) < 4.78 is 59.8. The van der Waals surface area contributed by atoms with Gasteiger partial charge in [0.1, 0.15) is 30.2 Å². The summed E-state index contributed by atoms with van der Waals surface area (Å²) in [4.78, 5) is 113. The standard InChI is InChI=1S/C61H77F3N10O11/c1-38(2)55(70-52(77)14-8-5-9-26-73-53(78)21-22-54(73)79)51(76)29-43(13-10-25-66-59(65)81)58(80)68-46-18-15-41(16-19-46)37-85-61(83)72-32-44(49(64)34-72)33-74(60(82)67-39(3)36-75)56(42-23-27-84-28-24-42)57-69-50(47-30-45(62)17-20-48(47)63)35-71(57)31-40-11-6-4-7-12-40/h4,6-7,11-12,15-22,30,35,38-39,42-44,49,55-56,75H,5,8-10,13-14,23-29,31-34,36-37H2,1-3H3,(H,67,82)(H,68,80)(H,70,77)(H3,65,66,81)/t39-,43+,44-,49-,55-,56?/m0/s1. The van der Waals surface area contributed by atoms with Gasteiger partial charge in [-0.1, -0.05) is 62.7 Å². The van der Waals surface area contributed by atoms with Gasteiger partial charge in [0, 0.05) is 100 Å². The second-order valence-electron chi connectivity index (χ2n) is 22.3. The van der Waals surface area contributed by atoms with E-state index in [1.165, 1.54) is 22.0 Å². The number of carbonyl (C=O) groups is 8. The number of imide groups is 1. The molecule has 0 aliphatic carbocycles. The van der Waals surface area contributed by atoms with E-state index in [2.05, 4.69) is 21.3 Å². The lowest BCUT2D eigenvalue weighted by Gasteiger charge is -2.40. The number of unbranched alkanes of at least 4 members (excludes halogenated alkanes) is 2. The van der Waals surface area contributed by atoms with Gasteiger partial charge in [0.05, 0.1) is 37.0 Å². The zero-order valence-electron chi connectivity index (χ0n) is 48.2. The van der Waals surface area contributed by atoms with Gasteiger partial charge in [0.2, 0.25) is 11.8 Å². The van der Waals surface area contributed by atoms with Crippen molar-refractivity contribution in [2.45, 2.75) is 116 Å². The van der Waals surface area contributed by atoms with E-state index in [1.54, 1.807) is 55.8 Å². The van der Waals surface area contributed by atoms with Gasteiger partial charge in [0.25, 0.3) is 11.8 Å². The number of primary amides is 1. The third-order valence-electron chi connectivity index (χ3n) is 15.4. The van der Waals surface area contributed by atoms with Crippen LogP contribution in [0.2, 0.25) is 0 Å². The predicted octanol–water partition coefficient (Wildman–Crippen LogP) is 6.93. The van der Waals surface area contributed by atoms with Crippen LogP contribution in [0.15, 0.2) is 91.1 Å². The van der Waals surface area contributed by atoms with E-state index < -0.39 is 78.4 Å². The van der Waals surface area contributed by atoms with Gasteiger partial charge in [-0.15, -0.1) is 0 Å². The number of urea groups is 2. The Morgan fingerprint density at radius 1 is 0.882 bits per heavy atom. The third-order valence-corrected chi connectivity index (χ3v) is 15.4. The highest BCUT2D eigenvalue weighted by Gasteiger charge is 2.43. The fourth-order valence-corrected chi connectivity index (χ4v) is 10.8. The average Bonchev–Trinajstić information content (AvgIpc) is 2.07. The van der Waals surface area contributed by atoms with Crippen molar-refractivity contribution in [3.05, 3.63) is 120 Å². The van der Waals surface area contributed by atoms with Crippen molar-refractivity contribution in [2.24, 2.45) is 29.4 Å². The van der Waals surface area contributed by atoms with Crippen molar-refractivity contribution < 1.29 is 66.1 Å². The first-order chi connectivity index (χ1) is 40.8. The molecule has 0 radical (unpaired) electrons. The number of amides is 9. The number of aromatic nitrogens is 2. The van der Waals surface area contributed by atoms with E-state index >= 15 is 8.78 Å². The number of aliphatic hydroxyl groups is 1. The summed E-state index contributed by atoms with van der Waals surface area (Å²) in [6.45, 7) is 5.18. The molecular weight excluding hydrogens is 1110 g/mol. The van der Waals surface area contributed by atoms with Crippen LogP contribution in [-0.4, -0.2) is 148 Å². The molecule has 3 aliphatic rings. The van der Waals surface area contributed by atoms with Crippen LogP contribution in [0.4, 0.5) is 33.2 Å². The summed E-state index contributed by atoms with van der Waals surface area (Å²) in [7, 11) is 0. The quantitative estimate of drug-likeness (QED) is 0.0239. The summed E-state index contributed by atoms with van der Waals surface area (Å²) in [5.41, 5.74) is 7.02. The second kappa shape index (κ2) is 31.1. The molecule has 3 aliphatic heterocycles. The number of hydrogen-bond acceptors (Lipinski definition) is 12. The molecule has 7 N–H and O–H groups in total. The lowest BCUT2D eigenvalue weighted by atomic mass is 9.89. The number of ketones is 1. The SMILES string of the molecule is CC(C)[C@H](NC(=O)CCCCCN1C(=O)C=CC1=O)C(=O)C[C@@H](CCCNC(N)=O)C(=O)Nc1ccc(COC(=O)N2C[C@@H](CN(C(=O)N[C@@H](C)CO)C(c3nc(-c4cc(F)ccc4F)cn3Cc3ccccc3)C3CCOCC3)[C@@H](F)C2)cc1. The van der Waals surface area contributed by atoms with Crippen LogP contribution < -0.4 is 27.0 Å². The summed E-state index contributed by atoms with van der Waals surface area (Å²) in [5.74, 6) is -5.41. The summed E-state index contributed by atoms with van der Waals surface area (Å²) in [6.07, 6.45) is 4.48. The van der Waals surface area contributed by atoms with E-state index in [4.69, 9.17) is 20.2 Å². The van der Waals surface area contributed by atoms with E-state index in [0.717, 1.165) is 28.7 Å². The normalized spacial score (nSPS) is 17.6. The number of nitrogens with two attached hydrogens (primary N) is 1. The topological polar surface area (TPSA) is 277 Å². The maximum absolute atomic E-state index is 16.5. The molecule has 7 rings (SSSR count). The summed E-state index contributed by atoms with van der Waals surface area (Å²) in [6, 6.07) is 15.0. The summed E-state index contributed by atoms with van der Waals surface area (Å²) in [5, 5.41) is 21.0. The fourth-order valence-electron chi connectivity index (χ4n) is 10.8. The van der Waals surface area contributed by atoms with Gasteiger partial charge in [-0.05, 0) is 98.7 Å². The molecular formula is C61H77F3N10O11. The smallest absolute Gasteiger partial charge is 0.410 e. The molecule has 3 aromatic carbocycles. The molecule has 2 fully saturated rings. The number of carbonyl (C=O) groups excluding carboxylic acids is 8. The first kappa shape index (κ1) is 64.4. The van der Waals surface area contributed by atoms with Crippen molar-refractivity contribution in [3.63, 3.8) is 0 Å². The minimum atomic E-state index is -1.61. The van der Waals surface area contributed by atoms with E-state index in [1.807, 2.05) is 30.3 Å². The number of halogens is 3. The second-order valence-corrected chi connectivity index (χ2v) is 22.3. The maximum Gasteiger partial charge on any atom is 0.410 e. The minimum absolute atomic E-state index is 0.0885. The van der Waals surface area contributed by atoms with Crippen LogP contribution in [-0.2, 0) is 46.6 Å². The number of nitrogens with zero attached hydrogens (tertiary/aromatic N) is 5. The minimum Gasteiger partial charge on any atom is -0.445 e. The first-order valence-corrected chi connectivity index (χ1v) is 28.9. The highest BCUT2D eigenvalue weighted by Crippen LogP contribution is 2.39. The first-order valence-electron chi connectivity index (χ1n) is 28.9. The van der Waals surface area contributed by atoms with Crippen LogP contribution >= 0.6 is 0 Å². The molecule has 24 heteroatoms. The number of imidazole rings is 1. The Bertz CT molecular complexity index is 2980. The lowest BCUT2D eigenvalue weighted by Crippen LogP contribution is -2.51. The number of hydrogen-bond donors (Lipinski definition) is 6. The van der Waals surface area contributed by atoms with Crippen molar-refractivity contribution >= 4 is 53.3 Å². The Labute approximate surface area is 492 Å². The van der Waals surface area contributed by atoms with Crippen molar-refractivity contribution in [1.82, 2.24) is 40.2 Å². The zero-order valence-corrected chi connectivity index (χ0v) is 48.2. The largest absolute Gasteiger partial charge is 0.445 e. The highest BCUT2D eigenvalue weighted by atomic mass is 19.1. The van der Waals surface area contributed by atoms with Crippen molar-refractivity contribution in [3.8, 4) is 11.3 Å². The lowest BCUT2D eigenvalue weighted by molar-refractivity contribution is -0.137. The van der Waals surface area contributed by atoms with Crippen molar-refractivity contribution in [1.29, 1.82) is 0 Å². The predicted molar refractivity (Wildman–Crippen MR) is 307 cm³/mol. The Morgan fingerprint density at radius 3 is 2.28 bits per heavy atom. The maximum atomic E-state index is 16.5. The molecule has 6 atom stereocenters. The third kappa shape index (κ3) is 18.4. The van der Waals surface area contributed by atoms with Gasteiger partial charge in [-0.3, -0.25) is 28.9 Å². The molecule has 2 saturated heterocycles. The molecule has 21 nitrogen and oxygen atoms in total. The van der Waals surface area contributed by atoms with E-state index in [-0.39, 0.29) is 112 Å². The number of alkyl halides is 1. The Morgan fingerprint density at radius 2 is 1.60 bits per heavy atom. The Balaban J connectivity index is 0.991. The molecule has 9 amide bonds. The number of Topliss-reactive ketones (excluding diaryl/α,β-unsaturated/α-hetero) is 1. The van der Waals surface area contributed by atoms with Gasteiger partial charge >= 0.3 is 18.2 Å². The average molecular weight is 1180 g/mol. The van der Waals surface area contributed by atoms with Crippen LogP contribution in [0.1, 0.15) is 102 Å². The molecule has 4 aromatic rings. The van der Waals surface area contributed by atoms with Crippen LogP contribution in [0.3, 0.4) is 0 Å². The molecule has 85 heavy (non-hydrogen) atoms. The number of anilines is 1. The van der Waals surface area contributed by atoms with Gasteiger partial charge in [0.15, 0.2) is 5.78 Å². The number of aliphatic hydroxyl groups excluding tert-OH is 1. The molecule has 1 aromatic heterocycles. The zero-order chi connectivity index (χ0) is 61.2. The number of nitrogens with one attached hydrogen (secondary N) is 4. The molecule has 458 valence electrons. The highest BCUT2D eigenvalue weighted by molar-refractivity contribution is 6.12. The number of benzene rings is 3. The fraction of sp³-hybridized carbons (Fsp3) is 0.492. The van der Waals surface area contributed by atoms with Crippen molar-refractivity contribution in [2.75, 3.05) is 57.9 Å². The molecule has 0 spiro atoms. The molecule has 0 bridgehead atoms. The van der Waals surface area contributed by atoms with Gasteiger partial charge < -0.3 is 55.9 Å².